The maximum Gasteiger partial charge on any atom is 0.260 e. The van der Waals surface area contributed by atoms with Gasteiger partial charge in [0.25, 0.3) is 5.91 Å². The molecule has 0 spiro atoms. The smallest absolute Gasteiger partial charge is 0.260 e. The van der Waals surface area contributed by atoms with E-state index in [0.717, 1.165) is 65.6 Å². The van der Waals surface area contributed by atoms with Crippen molar-refractivity contribution in [3.63, 3.8) is 0 Å². The minimum Gasteiger partial charge on any atom is -0.342 e. The monoisotopic (exact) mass is 590 g/mol. The second-order valence-electron chi connectivity index (χ2n) is 14.4. The normalized spacial score (nSPS) is 36.3. The van der Waals surface area contributed by atoms with Crippen LogP contribution in [0.1, 0.15) is 66.6 Å². The Morgan fingerprint density at radius 2 is 1.86 bits per heavy atom. The van der Waals surface area contributed by atoms with Crippen molar-refractivity contribution in [1.29, 1.82) is 0 Å². The lowest BCUT2D eigenvalue weighted by Gasteiger charge is -2.92. The SMILES string of the molecule is CC1C2C3CC4C1C2C34C(=O)N1CCC(n2cc(Cc3cnc4c5c(cccc35)C(=O)N4C3CCC(=O)NC3=O)cn2)CC1. The third-order valence-corrected chi connectivity index (χ3v) is 13.0. The largest absolute Gasteiger partial charge is 0.342 e. The standard InChI is InChI=1S/C34H34N6O4/c1-16-26-22-12-23-27(16)29(26)34(22,23)33(44)38-9-7-19(8-10-38)39-15-17(13-36-39)11-18-14-35-30-28-20(18)3-2-4-21(28)32(43)40(30)24-5-6-25(41)37-31(24)42/h2-4,13-16,19,22-24,26-27,29H,5-12H2,1H3,(H,37,41,42). The van der Waals surface area contributed by atoms with E-state index in [1.54, 1.807) is 12.3 Å². The van der Waals surface area contributed by atoms with Crippen molar-refractivity contribution >= 4 is 40.2 Å². The van der Waals surface area contributed by atoms with Crippen LogP contribution in [0.5, 0.6) is 0 Å². The summed E-state index contributed by atoms with van der Waals surface area (Å²) in [6.07, 6.45) is 10.1. The lowest BCUT2D eigenvalue weighted by Crippen LogP contribution is -2.93. The third-order valence-electron chi connectivity index (χ3n) is 13.0. The number of pyridine rings is 1. The van der Waals surface area contributed by atoms with Crippen molar-refractivity contribution in [3.8, 4) is 0 Å². The van der Waals surface area contributed by atoms with Gasteiger partial charge in [-0.2, -0.15) is 5.10 Å². The number of likely N-dealkylation sites (tertiary alicyclic amines) is 1. The lowest BCUT2D eigenvalue weighted by atomic mass is 9.11. The van der Waals surface area contributed by atoms with Crippen LogP contribution in [0.3, 0.4) is 0 Å². The summed E-state index contributed by atoms with van der Waals surface area (Å²) in [6, 6.07) is 5.18. The van der Waals surface area contributed by atoms with E-state index in [4.69, 9.17) is 10.1 Å². The number of carbonyl (C=O) groups is 4. The predicted molar refractivity (Wildman–Crippen MR) is 158 cm³/mol. The van der Waals surface area contributed by atoms with Gasteiger partial charge in [-0.25, -0.2) is 4.98 Å². The number of hydrogen-bond donors (Lipinski definition) is 1. The summed E-state index contributed by atoms with van der Waals surface area (Å²) in [5.41, 5.74) is 2.64. The predicted octanol–water partition coefficient (Wildman–Crippen LogP) is 3.10. The molecule has 4 saturated carbocycles. The zero-order chi connectivity index (χ0) is 29.6. The molecule has 10 nitrogen and oxygen atoms in total. The van der Waals surface area contributed by atoms with Gasteiger partial charge in [-0.15, -0.1) is 0 Å². The van der Waals surface area contributed by atoms with Crippen LogP contribution in [0.4, 0.5) is 5.82 Å². The molecular weight excluding hydrogens is 556 g/mol. The summed E-state index contributed by atoms with van der Waals surface area (Å²) >= 11 is 0. The first-order valence-electron chi connectivity index (χ1n) is 16.3. The molecule has 3 aromatic rings. The molecule has 1 N–H and O–H groups in total. The summed E-state index contributed by atoms with van der Waals surface area (Å²) in [5, 5.41) is 8.79. The molecule has 5 unspecified atom stereocenters. The van der Waals surface area contributed by atoms with Gasteiger partial charge in [0.05, 0.1) is 23.2 Å². The van der Waals surface area contributed by atoms with E-state index in [0.29, 0.717) is 41.5 Å². The molecule has 5 atom stereocenters. The molecule has 7 aliphatic rings. The van der Waals surface area contributed by atoms with Crippen LogP contribution in [-0.2, 0) is 20.8 Å². The molecule has 6 fully saturated rings. The van der Waals surface area contributed by atoms with Crippen LogP contribution in [-0.4, -0.2) is 62.4 Å². The average Bonchev–Trinajstić information content (AvgIpc) is 3.61. The number of benzene rings is 1. The van der Waals surface area contributed by atoms with Gasteiger partial charge in [0, 0.05) is 43.7 Å². The summed E-state index contributed by atoms with van der Waals surface area (Å²) < 4.78 is 2.07. The first kappa shape index (κ1) is 25.3. The number of nitrogens with zero attached hydrogens (tertiary/aromatic N) is 5. The minimum atomic E-state index is -0.752. The molecule has 224 valence electrons. The van der Waals surface area contributed by atoms with Crippen LogP contribution in [0.25, 0.3) is 10.8 Å². The lowest BCUT2D eigenvalue weighted by molar-refractivity contribution is -0.446. The number of hydrogen-bond acceptors (Lipinski definition) is 6. The van der Waals surface area contributed by atoms with Gasteiger partial charge < -0.3 is 4.90 Å². The van der Waals surface area contributed by atoms with Gasteiger partial charge in [0.15, 0.2) is 0 Å². The number of piperidine rings is 2. The van der Waals surface area contributed by atoms with Crippen LogP contribution in [0, 0.1) is 40.9 Å². The number of fused-ring (bicyclic) bond motifs is 2. The molecule has 10 rings (SSSR count). The Bertz CT molecular complexity index is 1810. The molecule has 0 bridgehead atoms. The van der Waals surface area contributed by atoms with E-state index in [2.05, 4.69) is 28.0 Å². The Balaban J connectivity index is 0.847. The van der Waals surface area contributed by atoms with E-state index < -0.39 is 11.9 Å². The van der Waals surface area contributed by atoms with E-state index in [-0.39, 0.29) is 36.1 Å². The van der Waals surface area contributed by atoms with Crippen LogP contribution in [0.15, 0.2) is 36.8 Å². The van der Waals surface area contributed by atoms with Crippen LogP contribution >= 0.6 is 0 Å². The number of aromatic nitrogens is 3. The molecule has 5 heterocycles. The molecule has 4 amide bonds. The molecule has 2 saturated heterocycles. The van der Waals surface area contributed by atoms with Crippen LogP contribution in [0.2, 0.25) is 0 Å². The van der Waals surface area contributed by atoms with Gasteiger partial charge in [0.2, 0.25) is 17.7 Å². The van der Waals surface area contributed by atoms with Gasteiger partial charge in [-0.3, -0.25) is 34.1 Å². The number of imide groups is 1. The zero-order valence-electron chi connectivity index (χ0n) is 24.6. The Hall–Kier alpha value is -4.08. The van der Waals surface area contributed by atoms with Crippen LogP contribution < -0.4 is 10.2 Å². The fourth-order valence-electron chi connectivity index (χ4n) is 11.1. The van der Waals surface area contributed by atoms with E-state index in [1.165, 1.54) is 11.3 Å². The summed E-state index contributed by atoms with van der Waals surface area (Å²) in [7, 11) is 0. The quantitative estimate of drug-likeness (QED) is 0.457. The first-order chi connectivity index (χ1) is 21.4. The van der Waals surface area contributed by atoms with Crippen molar-refractivity contribution in [2.75, 3.05) is 18.0 Å². The fraction of sp³-hybridized carbons (Fsp3) is 0.529. The number of nitrogens with one attached hydrogen (secondary N) is 1. The Labute approximate surface area is 254 Å². The molecule has 4 aliphatic carbocycles. The van der Waals surface area contributed by atoms with Crippen molar-refractivity contribution in [2.45, 2.75) is 57.5 Å². The molecule has 0 radical (unpaired) electrons. The first-order valence-corrected chi connectivity index (χ1v) is 16.3. The Morgan fingerprint density at radius 3 is 2.61 bits per heavy atom. The molecule has 44 heavy (non-hydrogen) atoms. The highest BCUT2D eigenvalue weighted by Gasteiger charge is 2.92. The molecule has 2 aromatic heterocycles. The van der Waals surface area contributed by atoms with Gasteiger partial charge in [-0.05, 0) is 83.8 Å². The third kappa shape index (κ3) is 2.84. The maximum absolute atomic E-state index is 13.7. The second-order valence-corrected chi connectivity index (χ2v) is 14.4. The average molecular weight is 591 g/mol. The zero-order valence-corrected chi connectivity index (χ0v) is 24.6. The summed E-state index contributed by atoms with van der Waals surface area (Å²) in [4.78, 5) is 59.8. The number of carbonyl (C=O) groups excluding carboxylic acids is 4. The number of rotatable bonds is 5. The van der Waals surface area contributed by atoms with Crippen molar-refractivity contribution < 1.29 is 19.2 Å². The van der Waals surface area contributed by atoms with Gasteiger partial charge >= 0.3 is 0 Å². The van der Waals surface area contributed by atoms with E-state index >= 15 is 0 Å². The minimum absolute atomic E-state index is 0.0464. The van der Waals surface area contributed by atoms with Gasteiger partial charge in [0.1, 0.15) is 11.9 Å². The van der Waals surface area contributed by atoms with Crippen molar-refractivity contribution in [2.24, 2.45) is 40.9 Å². The molecule has 10 heteroatoms. The fourth-order valence-corrected chi connectivity index (χ4v) is 11.1. The molecule has 1 aromatic carbocycles. The molecule has 3 aliphatic heterocycles. The highest BCUT2D eigenvalue weighted by molar-refractivity contribution is 6.26. The maximum atomic E-state index is 13.7. The van der Waals surface area contributed by atoms with Crippen molar-refractivity contribution in [3.05, 3.63) is 53.5 Å². The Morgan fingerprint density at radius 1 is 1.07 bits per heavy atom. The van der Waals surface area contributed by atoms with Gasteiger partial charge in [-0.1, -0.05) is 19.1 Å². The number of anilines is 1. The second kappa shape index (κ2) is 8.34. The topological polar surface area (TPSA) is 118 Å². The highest BCUT2D eigenvalue weighted by atomic mass is 16.2. The number of amides is 4. The van der Waals surface area contributed by atoms with E-state index in [9.17, 15) is 19.2 Å². The summed E-state index contributed by atoms with van der Waals surface area (Å²) in [5.74, 6) is 4.52. The van der Waals surface area contributed by atoms with E-state index in [1.807, 2.05) is 18.3 Å². The highest BCUT2D eigenvalue weighted by Crippen LogP contribution is 2.92. The van der Waals surface area contributed by atoms with Crippen molar-refractivity contribution in [1.82, 2.24) is 25.0 Å². The Kier molecular flexibility index (Phi) is 4.79. The molecular formula is C34H34N6O4. The summed E-state index contributed by atoms with van der Waals surface area (Å²) in [6.45, 7) is 4.03.